The number of carbonyl (C=O) groups excluding carboxylic acids is 2. The smallest absolute Gasteiger partial charge is 0.387 e. The normalized spacial score (nSPS) is 19.0. The number of halogens is 2. The average Bonchev–Trinajstić information content (AvgIpc) is 3.21. The lowest BCUT2D eigenvalue weighted by Gasteiger charge is -2.21. The summed E-state index contributed by atoms with van der Waals surface area (Å²) in [4.78, 5) is 31.0. The number of nitrogens with zero attached hydrogens (tertiary/aromatic N) is 3. The van der Waals surface area contributed by atoms with Crippen LogP contribution in [0.3, 0.4) is 0 Å². The Hall–Kier alpha value is -3.49. The Balaban J connectivity index is 1.41. The fraction of sp³-hybridized carbons (Fsp3) is 0.286. The van der Waals surface area contributed by atoms with Crippen molar-refractivity contribution in [2.45, 2.75) is 38.5 Å². The number of rotatable bonds is 7. The maximum atomic E-state index is 13.0. The molecular formula is C21H20F2N4O3. The van der Waals surface area contributed by atoms with Crippen LogP contribution in [0, 0.1) is 0 Å². The van der Waals surface area contributed by atoms with Gasteiger partial charge in [0.15, 0.2) is 0 Å². The van der Waals surface area contributed by atoms with Crippen molar-refractivity contribution in [2.75, 3.05) is 0 Å². The van der Waals surface area contributed by atoms with Crippen molar-refractivity contribution in [3.05, 3.63) is 66.1 Å². The van der Waals surface area contributed by atoms with E-state index in [1.807, 2.05) is 28.8 Å². The predicted octanol–water partition coefficient (Wildman–Crippen LogP) is 3.38. The van der Waals surface area contributed by atoms with Gasteiger partial charge < -0.3 is 14.5 Å². The highest BCUT2D eigenvalue weighted by molar-refractivity contribution is 6.06. The SMILES string of the molecule is C[C@]1(CCc2ccc(OC(F)F)cc2)NC(=O)N(Cc2cn3ccccc3n2)C1=O. The molecule has 1 N–H and O–H groups in total. The second-order valence-electron chi connectivity index (χ2n) is 7.37. The molecule has 0 radical (unpaired) electrons. The number of amides is 3. The van der Waals surface area contributed by atoms with Gasteiger partial charge in [0.05, 0.1) is 12.2 Å². The Kier molecular flexibility index (Phi) is 5.11. The van der Waals surface area contributed by atoms with Crippen LogP contribution >= 0.6 is 0 Å². The van der Waals surface area contributed by atoms with E-state index in [9.17, 15) is 18.4 Å². The second kappa shape index (κ2) is 7.74. The molecule has 1 aliphatic heterocycles. The Bertz CT molecular complexity index is 1050. The van der Waals surface area contributed by atoms with Gasteiger partial charge in [-0.15, -0.1) is 0 Å². The van der Waals surface area contributed by atoms with Gasteiger partial charge in [0.25, 0.3) is 5.91 Å². The third-order valence-electron chi connectivity index (χ3n) is 5.14. The van der Waals surface area contributed by atoms with Crippen LogP contribution in [0.4, 0.5) is 13.6 Å². The summed E-state index contributed by atoms with van der Waals surface area (Å²) < 4.78 is 30.7. The Morgan fingerprint density at radius 2 is 1.93 bits per heavy atom. The third kappa shape index (κ3) is 3.96. The number of ether oxygens (including phenoxy) is 1. The highest BCUT2D eigenvalue weighted by Gasteiger charge is 2.47. The van der Waals surface area contributed by atoms with Gasteiger partial charge in [-0.3, -0.25) is 9.69 Å². The van der Waals surface area contributed by atoms with E-state index in [0.717, 1.165) is 11.2 Å². The molecule has 1 fully saturated rings. The van der Waals surface area contributed by atoms with Crippen LogP contribution in [0.25, 0.3) is 5.65 Å². The predicted molar refractivity (Wildman–Crippen MR) is 104 cm³/mol. The van der Waals surface area contributed by atoms with Gasteiger partial charge in [0.2, 0.25) is 0 Å². The zero-order chi connectivity index (χ0) is 21.3. The van der Waals surface area contributed by atoms with Crippen LogP contribution in [-0.2, 0) is 17.8 Å². The van der Waals surface area contributed by atoms with Crippen LogP contribution < -0.4 is 10.1 Å². The molecule has 0 spiro atoms. The standard InChI is InChI=1S/C21H20F2N4O3/c1-21(10-9-14-5-7-16(8-6-14)30-19(22)23)18(28)27(20(29)25-21)13-15-12-26-11-3-2-4-17(26)24-15/h2-8,11-12,19H,9-10,13H2,1H3,(H,25,29)/t21-/m1/s1. The number of pyridine rings is 1. The lowest BCUT2D eigenvalue weighted by Crippen LogP contribution is -2.44. The number of alkyl halides is 2. The fourth-order valence-corrected chi connectivity index (χ4v) is 3.52. The molecule has 0 unspecified atom stereocenters. The molecule has 1 aliphatic rings. The molecule has 0 aliphatic carbocycles. The maximum Gasteiger partial charge on any atom is 0.387 e. The van der Waals surface area contributed by atoms with E-state index >= 15 is 0 Å². The summed E-state index contributed by atoms with van der Waals surface area (Å²) in [5.41, 5.74) is 1.15. The molecule has 156 valence electrons. The number of hydrogen-bond donors (Lipinski definition) is 1. The number of imidazole rings is 1. The first-order valence-corrected chi connectivity index (χ1v) is 9.44. The molecule has 30 heavy (non-hydrogen) atoms. The summed E-state index contributed by atoms with van der Waals surface area (Å²) in [5.74, 6) is -0.244. The van der Waals surface area contributed by atoms with Gasteiger partial charge in [-0.25, -0.2) is 9.78 Å². The van der Waals surface area contributed by atoms with Crippen molar-refractivity contribution in [3.8, 4) is 5.75 Å². The van der Waals surface area contributed by atoms with Crippen molar-refractivity contribution in [1.82, 2.24) is 19.6 Å². The lowest BCUT2D eigenvalue weighted by molar-refractivity contribution is -0.131. The third-order valence-corrected chi connectivity index (χ3v) is 5.14. The van der Waals surface area contributed by atoms with Crippen molar-refractivity contribution in [3.63, 3.8) is 0 Å². The Labute approximate surface area is 171 Å². The first-order chi connectivity index (χ1) is 14.3. The molecule has 7 nitrogen and oxygen atoms in total. The van der Waals surface area contributed by atoms with Gasteiger partial charge in [-0.2, -0.15) is 8.78 Å². The Morgan fingerprint density at radius 3 is 2.63 bits per heavy atom. The highest BCUT2D eigenvalue weighted by atomic mass is 19.3. The molecule has 3 aromatic rings. The second-order valence-corrected chi connectivity index (χ2v) is 7.37. The van der Waals surface area contributed by atoms with Gasteiger partial charge in [-0.05, 0) is 49.6 Å². The van der Waals surface area contributed by atoms with E-state index in [-0.39, 0.29) is 18.2 Å². The summed E-state index contributed by atoms with van der Waals surface area (Å²) in [6, 6.07) is 11.4. The number of carbonyl (C=O) groups is 2. The number of urea groups is 1. The number of aryl methyl sites for hydroxylation is 1. The van der Waals surface area contributed by atoms with Crippen LogP contribution in [0.5, 0.6) is 5.75 Å². The van der Waals surface area contributed by atoms with Crippen molar-refractivity contribution >= 4 is 17.6 Å². The molecule has 1 saturated heterocycles. The molecule has 3 amide bonds. The zero-order valence-corrected chi connectivity index (χ0v) is 16.2. The molecule has 2 aromatic heterocycles. The molecule has 0 saturated carbocycles. The average molecular weight is 414 g/mol. The summed E-state index contributed by atoms with van der Waals surface area (Å²) in [6.45, 7) is -1.10. The van der Waals surface area contributed by atoms with Crippen molar-refractivity contribution < 1.29 is 23.1 Å². The van der Waals surface area contributed by atoms with Crippen molar-refractivity contribution in [2.24, 2.45) is 0 Å². The number of benzene rings is 1. The lowest BCUT2D eigenvalue weighted by atomic mass is 9.93. The molecule has 0 bridgehead atoms. The summed E-state index contributed by atoms with van der Waals surface area (Å²) >= 11 is 0. The van der Waals surface area contributed by atoms with Crippen molar-refractivity contribution in [1.29, 1.82) is 0 Å². The van der Waals surface area contributed by atoms with Crippen LogP contribution in [-0.4, -0.2) is 38.4 Å². The summed E-state index contributed by atoms with van der Waals surface area (Å²) in [7, 11) is 0. The largest absolute Gasteiger partial charge is 0.435 e. The quantitative estimate of drug-likeness (QED) is 0.602. The summed E-state index contributed by atoms with van der Waals surface area (Å²) in [6.07, 6.45) is 4.49. The number of hydrogen-bond acceptors (Lipinski definition) is 4. The molecule has 1 aromatic carbocycles. The minimum atomic E-state index is -2.88. The van der Waals surface area contributed by atoms with E-state index in [0.29, 0.717) is 18.5 Å². The molecular weight excluding hydrogens is 394 g/mol. The fourth-order valence-electron chi connectivity index (χ4n) is 3.52. The number of imide groups is 1. The highest BCUT2D eigenvalue weighted by Crippen LogP contribution is 2.25. The topological polar surface area (TPSA) is 75.9 Å². The van der Waals surface area contributed by atoms with E-state index in [1.165, 1.54) is 17.0 Å². The van der Waals surface area contributed by atoms with E-state index in [2.05, 4.69) is 15.0 Å². The minimum Gasteiger partial charge on any atom is -0.435 e. The molecule has 1 atom stereocenters. The van der Waals surface area contributed by atoms with E-state index in [1.54, 1.807) is 25.3 Å². The van der Waals surface area contributed by atoms with Gasteiger partial charge in [0, 0.05) is 12.4 Å². The summed E-state index contributed by atoms with van der Waals surface area (Å²) in [5, 5.41) is 2.77. The monoisotopic (exact) mass is 414 g/mol. The molecule has 3 heterocycles. The number of nitrogens with one attached hydrogen (secondary N) is 1. The molecule has 4 rings (SSSR count). The number of fused-ring (bicyclic) bond motifs is 1. The van der Waals surface area contributed by atoms with E-state index < -0.39 is 18.2 Å². The van der Waals surface area contributed by atoms with Gasteiger partial charge in [0.1, 0.15) is 16.9 Å². The zero-order valence-electron chi connectivity index (χ0n) is 16.2. The minimum absolute atomic E-state index is 0.0730. The number of aromatic nitrogens is 2. The van der Waals surface area contributed by atoms with Gasteiger partial charge >= 0.3 is 12.6 Å². The van der Waals surface area contributed by atoms with Gasteiger partial charge in [-0.1, -0.05) is 18.2 Å². The van der Waals surface area contributed by atoms with Crippen LogP contribution in [0.2, 0.25) is 0 Å². The van der Waals surface area contributed by atoms with E-state index in [4.69, 9.17) is 0 Å². The molecule has 9 heteroatoms. The Morgan fingerprint density at radius 1 is 1.17 bits per heavy atom. The van der Waals surface area contributed by atoms with Crippen LogP contribution in [0.15, 0.2) is 54.9 Å². The first kappa shape index (κ1) is 19.8. The first-order valence-electron chi connectivity index (χ1n) is 9.44. The van der Waals surface area contributed by atoms with Crippen LogP contribution in [0.1, 0.15) is 24.6 Å². The maximum absolute atomic E-state index is 13.0.